The van der Waals surface area contributed by atoms with Crippen molar-refractivity contribution in [3.05, 3.63) is 60.4 Å². The van der Waals surface area contributed by atoms with Gasteiger partial charge in [-0.3, -0.25) is 15.6 Å². The van der Waals surface area contributed by atoms with Crippen molar-refractivity contribution in [3.63, 3.8) is 0 Å². The summed E-state index contributed by atoms with van der Waals surface area (Å²) in [6, 6.07) is 7.41. The van der Waals surface area contributed by atoms with Crippen LogP contribution in [0.15, 0.2) is 53.5 Å². The van der Waals surface area contributed by atoms with Crippen LogP contribution in [-0.2, 0) is 6.18 Å². The van der Waals surface area contributed by atoms with Crippen molar-refractivity contribution in [3.8, 4) is 11.3 Å². The number of rotatable bonds is 4. The van der Waals surface area contributed by atoms with Crippen molar-refractivity contribution in [2.75, 3.05) is 6.54 Å². The van der Waals surface area contributed by atoms with E-state index in [0.29, 0.717) is 6.54 Å². The standard InChI is InChI=1S/C16H14F3N3O2S/c1-2-8-20-15(25)22-21-14(23)13-7-6-12(24-13)10-4-3-5-11(9-10)16(17,18)19/h2-7,9H,1,8H2,(H,21,23)(H2,20,22,25). The molecule has 5 nitrogen and oxygen atoms in total. The lowest BCUT2D eigenvalue weighted by Crippen LogP contribution is -2.46. The van der Waals surface area contributed by atoms with Crippen LogP contribution in [0, 0.1) is 0 Å². The van der Waals surface area contributed by atoms with Crippen molar-refractivity contribution in [2.45, 2.75) is 6.18 Å². The van der Waals surface area contributed by atoms with E-state index in [-0.39, 0.29) is 22.2 Å². The van der Waals surface area contributed by atoms with E-state index < -0.39 is 17.6 Å². The summed E-state index contributed by atoms with van der Waals surface area (Å²) in [7, 11) is 0. The summed E-state index contributed by atoms with van der Waals surface area (Å²) in [5.74, 6) is -0.559. The molecule has 9 heteroatoms. The fourth-order valence-corrected chi connectivity index (χ4v) is 1.98. The van der Waals surface area contributed by atoms with E-state index in [1.165, 1.54) is 24.3 Å². The number of halogens is 3. The van der Waals surface area contributed by atoms with Crippen LogP contribution >= 0.6 is 12.2 Å². The highest BCUT2D eigenvalue weighted by Crippen LogP contribution is 2.32. The number of furan rings is 1. The number of amides is 1. The Bertz CT molecular complexity index is 787. The van der Waals surface area contributed by atoms with Crippen molar-refractivity contribution in [1.29, 1.82) is 0 Å². The van der Waals surface area contributed by atoms with Crippen LogP contribution < -0.4 is 16.2 Å². The van der Waals surface area contributed by atoms with Gasteiger partial charge in [0.25, 0.3) is 0 Å². The van der Waals surface area contributed by atoms with E-state index in [2.05, 4.69) is 22.7 Å². The molecule has 0 bridgehead atoms. The number of nitrogens with one attached hydrogen (secondary N) is 3. The number of hydrogen-bond acceptors (Lipinski definition) is 3. The molecule has 25 heavy (non-hydrogen) atoms. The van der Waals surface area contributed by atoms with Crippen molar-refractivity contribution >= 4 is 23.2 Å². The van der Waals surface area contributed by atoms with Gasteiger partial charge in [-0.1, -0.05) is 18.2 Å². The first-order chi connectivity index (χ1) is 11.8. The lowest BCUT2D eigenvalue weighted by atomic mass is 10.1. The minimum Gasteiger partial charge on any atom is -0.451 e. The van der Waals surface area contributed by atoms with E-state index in [0.717, 1.165) is 12.1 Å². The second-order valence-electron chi connectivity index (χ2n) is 4.82. The molecule has 0 saturated heterocycles. The van der Waals surface area contributed by atoms with Gasteiger partial charge < -0.3 is 9.73 Å². The Balaban J connectivity index is 2.06. The van der Waals surface area contributed by atoms with Gasteiger partial charge in [0.2, 0.25) is 0 Å². The normalized spacial score (nSPS) is 10.8. The Hall–Kier alpha value is -2.81. The van der Waals surface area contributed by atoms with Crippen LogP contribution in [0.4, 0.5) is 13.2 Å². The third-order valence-corrected chi connectivity index (χ3v) is 3.25. The fourth-order valence-electron chi connectivity index (χ4n) is 1.85. The minimum atomic E-state index is -4.46. The molecule has 0 aliphatic rings. The van der Waals surface area contributed by atoms with Gasteiger partial charge in [0, 0.05) is 12.1 Å². The summed E-state index contributed by atoms with van der Waals surface area (Å²) >= 11 is 4.90. The molecule has 0 atom stereocenters. The van der Waals surface area contributed by atoms with Gasteiger partial charge in [-0.15, -0.1) is 6.58 Å². The number of benzene rings is 1. The maximum absolute atomic E-state index is 12.8. The number of hydrogen-bond donors (Lipinski definition) is 3. The van der Waals surface area contributed by atoms with Crippen LogP contribution in [-0.4, -0.2) is 17.6 Å². The fraction of sp³-hybridized carbons (Fsp3) is 0.125. The summed E-state index contributed by atoms with van der Waals surface area (Å²) in [6.45, 7) is 3.92. The van der Waals surface area contributed by atoms with Gasteiger partial charge in [-0.2, -0.15) is 13.2 Å². The number of carbonyl (C=O) groups excluding carboxylic acids is 1. The van der Waals surface area contributed by atoms with Crippen LogP contribution in [0.25, 0.3) is 11.3 Å². The highest BCUT2D eigenvalue weighted by molar-refractivity contribution is 7.80. The second-order valence-corrected chi connectivity index (χ2v) is 5.23. The zero-order valence-electron chi connectivity index (χ0n) is 12.8. The van der Waals surface area contributed by atoms with Crippen LogP contribution in [0.3, 0.4) is 0 Å². The topological polar surface area (TPSA) is 66.3 Å². The molecule has 0 aliphatic heterocycles. The second kappa shape index (κ2) is 7.84. The number of hydrazine groups is 1. The Labute approximate surface area is 146 Å². The number of thiocarbonyl (C=S) groups is 1. The molecule has 1 amide bonds. The zero-order valence-corrected chi connectivity index (χ0v) is 13.6. The summed E-state index contributed by atoms with van der Waals surface area (Å²) in [4.78, 5) is 11.9. The van der Waals surface area contributed by atoms with Crippen molar-refractivity contribution in [1.82, 2.24) is 16.2 Å². The molecule has 1 aromatic heterocycles. The van der Waals surface area contributed by atoms with Gasteiger partial charge in [-0.25, -0.2) is 0 Å². The third-order valence-electron chi connectivity index (χ3n) is 3.00. The average molecular weight is 369 g/mol. The summed E-state index contributed by atoms with van der Waals surface area (Å²) in [6.07, 6.45) is -2.87. The highest BCUT2D eigenvalue weighted by atomic mass is 32.1. The maximum Gasteiger partial charge on any atom is 0.416 e. The lowest BCUT2D eigenvalue weighted by molar-refractivity contribution is -0.137. The largest absolute Gasteiger partial charge is 0.451 e. The molecule has 2 rings (SSSR count). The molecular formula is C16H14F3N3O2S. The van der Waals surface area contributed by atoms with Crippen molar-refractivity contribution in [2.24, 2.45) is 0 Å². The van der Waals surface area contributed by atoms with Gasteiger partial charge in [-0.05, 0) is 36.5 Å². The molecule has 0 saturated carbocycles. The van der Waals surface area contributed by atoms with E-state index in [9.17, 15) is 18.0 Å². The molecule has 0 radical (unpaired) electrons. The third kappa shape index (κ3) is 5.08. The maximum atomic E-state index is 12.8. The molecule has 2 aromatic rings. The van der Waals surface area contributed by atoms with E-state index in [1.54, 1.807) is 6.08 Å². The first-order valence-electron chi connectivity index (χ1n) is 7.04. The molecule has 1 aromatic carbocycles. The van der Waals surface area contributed by atoms with Gasteiger partial charge in [0.05, 0.1) is 5.56 Å². The Morgan fingerprint density at radius 3 is 2.68 bits per heavy atom. The molecule has 0 fully saturated rings. The number of carbonyl (C=O) groups is 1. The zero-order chi connectivity index (χ0) is 18.4. The summed E-state index contributed by atoms with van der Waals surface area (Å²) in [5, 5.41) is 2.92. The summed E-state index contributed by atoms with van der Waals surface area (Å²) < 4.78 is 43.6. The Morgan fingerprint density at radius 2 is 2.00 bits per heavy atom. The molecule has 3 N–H and O–H groups in total. The predicted octanol–water partition coefficient (Wildman–Crippen LogP) is 3.26. The number of alkyl halides is 3. The quantitative estimate of drug-likeness (QED) is 0.439. The van der Waals surface area contributed by atoms with Crippen LogP contribution in [0.5, 0.6) is 0 Å². The molecule has 132 valence electrons. The molecular weight excluding hydrogens is 355 g/mol. The van der Waals surface area contributed by atoms with Crippen molar-refractivity contribution < 1.29 is 22.4 Å². The molecule has 0 aliphatic carbocycles. The van der Waals surface area contributed by atoms with E-state index >= 15 is 0 Å². The first kappa shape index (κ1) is 18.5. The smallest absolute Gasteiger partial charge is 0.416 e. The monoisotopic (exact) mass is 369 g/mol. The molecule has 0 spiro atoms. The van der Waals surface area contributed by atoms with Gasteiger partial charge in [0.15, 0.2) is 10.9 Å². The molecule has 0 unspecified atom stereocenters. The first-order valence-corrected chi connectivity index (χ1v) is 7.44. The van der Waals surface area contributed by atoms with E-state index in [4.69, 9.17) is 16.6 Å². The lowest BCUT2D eigenvalue weighted by Gasteiger charge is -2.09. The predicted molar refractivity (Wildman–Crippen MR) is 90.5 cm³/mol. The minimum absolute atomic E-state index is 0.0774. The highest BCUT2D eigenvalue weighted by Gasteiger charge is 2.30. The van der Waals surface area contributed by atoms with E-state index in [1.807, 2.05) is 0 Å². The van der Waals surface area contributed by atoms with Gasteiger partial charge in [0.1, 0.15) is 5.76 Å². The summed E-state index contributed by atoms with van der Waals surface area (Å²) in [5.41, 5.74) is 4.18. The van der Waals surface area contributed by atoms with Crippen LogP contribution in [0.1, 0.15) is 16.1 Å². The Morgan fingerprint density at radius 1 is 1.24 bits per heavy atom. The Kier molecular flexibility index (Phi) is 5.81. The SMILES string of the molecule is C=CCNC(=S)NNC(=O)c1ccc(-c2cccc(C(F)(F)F)c2)o1. The van der Waals surface area contributed by atoms with Crippen LogP contribution in [0.2, 0.25) is 0 Å². The molecule has 1 heterocycles. The van der Waals surface area contributed by atoms with Gasteiger partial charge >= 0.3 is 12.1 Å². The average Bonchev–Trinajstić information content (AvgIpc) is 3.07.